The Morgan fingerprint density at radius 1 is 0.692 bits per heavy atom. The highest BCUT2D eigenvalue weighted by molar-refractivity contribution is 7.80. The van der Waals surface area contributed by atoms with Gasteiger partial charge in [-0.3, -0.25) is 29.9 Å². The van der Waals surface area contributed by atoms with Gasteiger partial charge in [0.25, 0.3) is 0 Å². The third kappa shape index (κ3) is 34200. The quantitative estimate of drug-likeness (QED) is 0.109. The topological polar surface area (TPSA) is 201 Å². The molecule has 8 N–H and O–H groups in total. The largest absolute Gasteiger partial charge is 0.394 e. The van der Waals surface area contributed by atoms with E-state index in [9.17, 15) is 0 Å². The predicted molar refractivity (Wildman–Crippen MR) is 46.7 cm³/mol. The van der Waals surface area contributed by atoms with Crippen LogP contribution in [-0.2, 0) is 20.8 Å². The predicted octanol–water partition coefficient (Wildman–Crippen LogP) is -3.67. The van der Waals surface area contributed by atoms with E-state index in [1.807, 2.05) is 0 Å². The number of rotatable bonds is 0. The van der Waals surface area contributed by atoms with Crippen molar-refractivity contribution in [3.63, 3.8) is 0 Å². The molecule has 0 unspecified atom stereocenters. The molecule has 0 saturated heterocycles. The lowest BCUT2D eigenvalue weighted by atomic mass is 13.0. The van der Waals surface area contributed by atoms with Crippen molar-refractivity contribution in [2.75, 3.05) is 0 Å². The maximum atomic E-state index is 8.74. The number of hydrogen-bond donors (Lipinski definition) is 6. The summed E-state index contributed by atoms with van der Waals surface area (Å²) in [7, 11) is -9.33. The zero-order chi connectivity index (χ0) is 11.0. The molecule has 13 heteroatoms. The van der Waals surface area contributed by atoms with Crippen molar-refractivity contribution in [3.05, 3.63) is 0 Å². The molecule has 0 spiro atoms. The van der Waals surface area contributed by atoms with Crippen LogP contribution in [0.5, 0.6) is 0 Å². The molecule has 0 bridgehead atoms. The van der Waals surface area contributed by atoms with E-state index < -0.39 is 20.8 Å². The highest BCUT2D eigenvalue weighted by atomic mass is 32.3. The lowest BCUT2D eigenvalue weighted by Crippen LogP contribution is -2.02. The van der Waals surface area contributed by atoms with Crippen LogP contribution in [-0.4, -0.2) is 52.4 Å². The molecule has 0 radical (unpaired) electrons. The first-order valence-corrected chi connectivity index (χ1v) is 4.52. The third-order valence-corrected chi connectivity index (χ3v) is 0. The van der Waals surface area contributed by atoms with Crippen LogP contribution in [0.15, 0.2) is 0 Å². The van der Waals surface area contributed by atoms with Gasteiger partial charge in [0, 0.05) is 0 Å². The Kier molecular flexibility index (Phi) is 18.3. The Morgan fingerprint density at radius 2 is 0.692 bits per heavy atom. The smallest absolute Gasteiger partial charge is 0.274 e. The molecular formula is H11AlN2O8S2. The van der Waals surface area contributed by atoms with E-state index in [2.05, 4.69) is 11.7 Å². The fourth-order valence-corrected chi connectivity index (χ4v) is 0. The van der Waals surface area contributed by atoms with Gasteiger partial charge in [-0.15, -0.1) is 0 Å². The van der Waals surface area contributed by atoms with Crippen molar-refractivity contribution >= 4 is 38.2 Å². The zero-order valence-electron chi connectivity index (χ0n) is 5.39. The summed E-state index contributed by atoms with van der Waals surface area (Å²) >= 11 is 0. The normalized spacial score (nSPS) is 9.38. The first-order chi connectivity index (χ1) is 5.00. The van der Waals surface area contributed by atoms with Crippen LogP contribution in [0.25, 0.3) is 0 Å². The molecule has 0 saturated carbocycles. The van der Waals surface area contributed by atoms with Gasteiger partial charge in [0.05, 0.1) is 0 Å². The van der Waals surface area contributed by atoms with E-state index in [0.29, 0.717) is 0 Å². The molecule has 0 aromatic carbocycles. The van der Waals surface area contributed by atoms with Crippen molar-refractivity contribution < 1.29 is 35.0 Å². The Balaban J connectivity index is -0.0000000491. The molecular weight excluding hydrogens is 247 g/mol. The molecule has 0 aromatic rings. The van der Waals surface area contributed by atoms with Gasteiger partial charge >= 0.3 is 20.8 Å². The molecule has 0 rings (SSSR count). The van der Waals surface area contributed by atoms with Crippen LogP contribution < -0.4 is 11.7 Å². The van der Waals surface area contributed by atoms with Gasteiger partial charge in [0.1, 0.15) is 0 Å². The van der Waals surface area contributed by atoms with E-state index in [1.54, 1.807) is 0 Å². The summed E-state index contributed by atoms with van der Waals surface area (Å²) in [5, 5.41) is 0. The maximum Gasteiger partial charge on any atom is 0.394 e. The molecule has 13 heavy (non-hydrogen) atoms. The van der Waals surface area contributed by atoms with Gasteiger partial charge in [-0.05, 0) is 0 Å². The SMILES string of the molecule is NN.O=S(=O)(O)O.O=S(=O)(O)O.[AlH3]. The van der Waals surface area contributed by atoms with Gasteiger partial charge < -0.3 is 0 Å². The second kappa shape index (κ2) is 10.3. The van der Waals surface area contributed by atoms with Gasteiger partial charge in [0.2, 0.25) is 0 Å². The highest BCUT2D eigenvalue weighted by Gasteiger charge is 1.85. The summed E-state index contributed by atoms with van der Waals surface area (Å²) < 4.78 is 63.2. The highest BCUT2D eigenvalue weighted by Crippen LogP contribution is 1.59. The third-order valence-electron chi connectivity index (χ3n) is 0. The maximum absolute atomic E-state index is 8.74. The first kappa shape index (κ1) is 23.2. The van der Waals surface area contributed by atoms with Gasteiger partial charge in [-0.2, -0.15) is 16.8 Å². The average molecular weight is 258 g/mol. The molecule has 0 aliphatic carbocycles. The first-order valence-electron chi connectivity index (χ1n) is 1.73. The minimum atomic E-state index is -4.67. The summed E-state index contributed by atoms with van der Waals surface area (Å²) in [5.74, 6) is 8.00. The number of hydrazine groups is 1. The minimum Gasteiger partial charge on any atom is -0.274 e. The van der Waals surface area contributed by atoms with Crippen LogP contribution in [0.3, 0.4) is 0 Å². The van der Waals surface area contributed by atoms with Crippen LogP contribution in [0.1, 0.15) is 0 Å². The van der Waals surface area contributed by atoms with E-state index >= 15 is 0 Å². The minimum absolute atomic E-state index is 0. The van der Waals surface area contributed by atoms with E-state index in [1.165, 1.54) is 0 Å². The Hall–Kier alpha value is 0.192. The van der Waals surface area contributed by atoms with Crippen LogP contribution in [0, 0.1) is 0 Å². The Morgan fingerprint density at radius 3 is 0.692 bits per heavy atom. The second-order valence-electron chi connectivity index (χ2n) is 0.896. The lowest BCUT2D eigenvalue weighted by molar-refractivity contribution is 0.378. The monoisotopic (exact) mass is 258 g/mol. The molecule has 0 aliphatic rings. The summed E-state index contributed by atoms with van der Waals surface area (Å²) in [6.07, 6.45) is 0. The van der Waals surface area contributed by atoms with Crippen LogP contribution in [0.2, 0.25) is 0 Å². The van der Waals surface area contributed by atoms with Crippen LogP contribution in [0.4, 0.5) is 0 Å². The molecule has 0 fully saturated rings. The zero-order valence-corrected chi connectivity index (χ0v) is 7.03. The molecule has 0 aromatic heterocycles. The van der Waals surface area contributed by atoms with E-state index in [-0.39, 0.29) is 17.4 Å². The van der Waals surface area contributed by atoms with Gasteiger partial charge in [-0.1, -0.05) is 0 Å². The molecule has 10 nitrogen and oxygen atoms in total. The number of hydrogen-bond acceptors (Lipinski definition) is 6. The fourth-order valence-electron chi connectivity index (χ4n) is 0. The molecule has 84 valence electrons. The molecule has 0 amide bonds. The lowest BCUT2D eigenvalue weighted by Gasteiger charge is -1.68. The fraction of sp³-hybridized carbons (Fsp3) is 0. The average Bonchev–Trinajstić information content (AvgIpc) is 1.59. The molecule has 0 atom stereocenters. The van der Waals surface area contributed by atoms with Gasteiger partial charge in [-0.25, -0.2) is 0 Å². The van der Waals surface area contributed by atoms with Crippen molar-refractivity contribution in [2.45, 2.75) is 0 Å². The summed E-state index contributed by atoms with van der Waals surface area (Å²) in [6.45, 7) is 0. The summed E-state index contributed by atoms with van der Waals surface area (Å²) in [5.41, 5.74) is 0. The van der Waals surface area contributed by atoms with E-state index in [4.69, 9.17) is 35.0 Å². The van der Waals surface area contributed by atoms with E-state index in [0.717, 1.165) is 0 Å². The van der Waals surface area contributed by atoms with Crippen LogP contribution >= 0.6 is 0 Å². The number of nitrogens with two attached hydrogens (primary N) is 2. The van der Waals surface area contributed by atoms with Crippen molar-refractivity contribution in [1.82, 2.24) is 0 Å². The molecule has 0 heterocycles. The summed E-state index contributed by atoms with van der Waals surface area (Å²) in [4.78, 5) is 0. The molecule has 0 aliphatic heterocycles. The summed E-state index contributed by atoms with van der Waals surface area (Å²) in [6, 6.07) is 0. The Bertz CT molecular complexity index is 217. The van der Waals surface area contributed by atoms with Crippen molar-refractivity contribution in [3.8, 4) is 0 Å². The second-order valence-corrected chi connectivity index (χ2v) is 2.69. The standard InChI is InChI=1S/Al.H4N2.2H2O4S.3H/c;1-2;2*1-5(2,3)4;;;/h;1-2H2;2*(H2,1,2,3,4);;;. The Labute approximate surface area is 85.2 Å². The van der Waals surface area contributed by atoms with Crippen molar-refractivity contribution in [2.24, 2.45) is 11.7 Å². The van der Waals surface area contributed by atoms with Crippen molar-refractivity contribution in [1.29, 1.82) is 0 Å². The van der Waals surface area contributed by atoms with Gasteiger partial charge in [0.15, 0.2) is 17.4 Å².